The van der Waals surface area contributed by atoms with E-state index >= 15 is 0 Å². The first-order valence-corrected chi connectivity index (χ1v) is 4.79. The van der Waals surface area contributed by atoms with Crippen LogP contribution in [-0.2, 0) is 11.3 Å². The fourth-order valence-electron chi connectivity index (χ4n) is 1.42. The van der Waals surface area contributed by atoms with Crippen molar-refractivity contribution in [3.05, 3.63) is 0 Å². The zero-order chi connectivity index (χ0) is 8.43. The second-order valence-corrected chi connectivity index (χ2v) is 3.83. The van der Waals surface area contributed by atoms with Gasteiger partial charge < -0.3 is 5.32 Å². The van der Waals surface area contributed by atoms with Crippen molar-refractivity contribution in [3.8, 4) is 0 Å². The van der Waals surface area contributed by atoms with Gasteiger partial charge in [0.15, 0.2) is 0 Å². The van der Waals surface area contributed by atoms with E-state index in [4.69, 9.17) is 4.55 Å². The Bertz CT molecular complexity index is 155. The third kappa shape index (κ3) is 1.99. The summed E-state index contributed by atoms with van der Waals surface area (Å²) in [5, 5.41) is 3.18. The largest absolute Gasteiger partial charge is 0.314 e. The lowest BCUT2D eigenvalue weighted by Crippen LogP contribution is -2.55. The third-order valence-corrected chi connectivity index (χ3v) is 3.01. The molecule has 66 valence electrons. The summed E-state index contributed by atoms with van der Waals surface area (Å²) >= 11 is -1.82. The molecule has 0 aromatic rings. The van der Waals surface area contributed by atoms with E-state index in [-0.39, 0.29) is 12.1 Å². The molecule has 3 unspecified atom stereocenters. The minimum Gasteiger partial charge on any atom is -0.314 e. The van der Waals surface area contributed by atoms with Gasteiger partial charge in [0.2, 0.25) is 11.3 Å². The Hall–Kier alpha value is 0.0300. The minimum absolute atomic E-state index is 0.143. The van der Waals surface area contributed by atoms with Crippen molar-refractivity contribution in [3.63, 3.8) is 0 Å². The van der Waals surface area contributed by atoms with Crippen molar-refractivity contribution < 1.29 is 8.76 Å². The van der Waals surface area contributed by atoms with Crippen LogP contribution in [0.3, 0.4) is 0 Å². The quantitative estimate of drug-likeness (QED) is 0.547. The molecule has 0 saturated carbocycles. The van der Waals surface area contributed by atoms with E-state index in [1.807, 2.05) is 13.8 Å². The number of nitrogens with zero attached hydrogens (tertiary/aromatic N) is 1. The zero-order valence-electron chi connectivity index (χ0n) is 6.78. The van der Waals surface area contributed by atoms with E-state index in [9.17, 15) is 4.21 Å². The molecule has 0 aromatic heterocycles. The normalized spacial score (nSPS) is 37.0. The Morgan fingerprint density at radius 2 is 1.91 bits per heavy atom. The van der Waals surface area contributed by atoms with Gasteiger partial charge in [0.25, 0.3) is 0 Å². The zero-order valence-corrected chi connectivity index (χ0v) is 7.60. The highest BCUT2D eigenvalue weighted by Crippen LogP contribution is 2.10. The predicted molar refractivity (Wildman–Crippen MR) is 44.4 cm³/mol. The molecule has 0 aliphatic carbocycles. The van der Waals surface area contributed by atoms with Crippen molar-refractivity contribution in [2.75, 3.05) is 13.1 Å². The lowest BCUT2D eigenvalue weighted by Gasteiger charge is -2.35. The van der Waals surface area contributed by atoms with Crippen LogP contribution in [0.5, 0.6) is 0 Å². The molecule has 1 heterocycles. The molecular weight excluding hydrogens is 164 g/mol. The molecule has 3 atom stereocenters. The summed E-state index contributed by atoms with van der Waals surface area (Å²) in [6.45, 7) is 5.46. The molecule has 1 saturated heterocycles. The minimum atomic E-state index is -1.82. The molecule has 0 amide bonds. The van der Waals surface area contributed by atoms with Crippen molar-refractivity contribution >= 4 is 11.3 Å². The van der Waals surface area contributed by atoms with Gasteiger partial charge in [-0.15, -0.1) is 0 Å². The Labute approximate surface area is 69.4 Å². The highest BCUT2D eigenvalue weighted by molar-refractivity contribution is 7.76. The first-order valence-electron chi connectivity index (χ1n) is 3.73. The van der Waals surface area contributed by atoms with E-state index in [1.54, 1.807) is 4.31 Å². The van der Waals surface area contributed by atoms with Gasteiger partial charge in [-0.2, -0.15) is 4.31 Å². The molecule has 1 rings (SSSR count). The van der Waals surface area contributed by atoms with E-state index < -0.39 is 11.3 Å². The van der Waals surface area contributed by atoms with Gasteiger partial charge in [-0.25, -0.2) is 4.21 Å². The van der Waals surface area contributed by atoms with Crippen molar-refractivity contribution in [2.24, 2.45) is 0 Å². The molecule has 4 nitrogen and oxygen atoms in total. The standard InChI is InChI=1S/C6H14N2O2S/c1-5-3-7-4-6(2)8(5)11(9)10/h5-7H,3-4H2,1-2H3,(H,9,10). The average molecular weight is 178 g/mol. The van der Waals surface area contributed by atoms with Crippen LogP contribution in [0.15, 0.2) is 0 Å². The van der Waals surface area contributed by atoms with Crippen LogP contribution in [0.4, 0.5) is 0 Å². The number of hydrogen-bond acceptors (Lipinski definition) is 2. The van der Waals surface area contributed by atoms with Gasteiger partial charge in [-0.05, 0) is 13.8 Å². The maximum atomic E-state index is 10.8. The Kier molecular flexibility index (Phi) is 3.00. The van der Waals surface area contributed by atoms with Crippen LogP contribution in [0.2, 0.25) is 0 Å². The van der Waals surface area contributed by atoms with Crippen molar-refractivity contribution in [1.29, 1.82) is 0 Å². The van der Waals surface area contributed by atoms with Crippen molar-refractivity contribution in [2.45, 2.75) is 25.9 Å². The van der Waals surface area contributed by atoms with Crippen LogP contribution >= 0.6 is 0 Å². The Morgan fingerprint density at radius 3 is 2.18 bits per heavy atom. The molecule has 1 fully saturated rings. The SMILES string of the molecule is CC1CNCC(C)N1S(=O)O. The molecule has 0 aromatic carbocycles. The summed E-state index contributed by atoms with van der Waals surface area (Å²) in [6.07, 6.45) is 0. The molecule has 11 heavy (non-hydrogen) atoms. The Morgan fingerprint density at radius 1 is 1.45 bits per heavy atom. The lowest BCUT2D eigenvalue weighted by atomic mass is 10.2. The maximum Gasteiger partial charge on any atom is 0.235 e. The summed E-state index contributed by atoms with van der Waals surface area (Å²) in [6, 6.07) is 0.286. The second-order valence-electron chi connectivity index (χ2n) is 2.95. The average Bonchev–Trinajstić information content (AvgIpc) is 1.85. The van der Waals surface area contributed by atoms with Gasteiger partial charge in [-0.3, -0.25) is 4.55 Å². The second kappa shape index (κ2) is 3.62. The topological polar surface area (TPSA) is 52.6 Å². The van der Waals surface area contributed by atoms with Crippen LogP contribution in [0.1, 0.15) is 13.8 Å². The molecule has 0 spiro atoms. The van der Waals surface area contributed by atoms with Gasteiger partial charge in [-0.1, -0.05) is 0 Å². The maximum absolute atomic E-state index is 10.8. The highest BCUT2D eigenvalue weighted by atomic mass is 32.2. The van der Waals surface area contributed by atoms with E-state index in [1.165, 1.54) is 0 Å². The monoisotopic (exact) mass is 178 g/mol. The van der Waals surface area contributed by atoms with Crippen LogP contribution in [-0.4, -0.2) is 38.2 Å². The summed E-state index contributed by atoms with van der Waals surface area (Å²) in [4.78, 5) is 0. The molecule has 0 bridgehead atoms. The van der Waals surface area contributed by atoms with Gasteiger partial charge in [0.05, 0.1) is 0 Å². The molecule has 5 heteroatoms. The summed E-state index contributed by atoms with van der Waals surface area (Å²) < 4.78 is 21.3. The highest BCUT2D eigenvalue weighted by Gasteiger charge is 2.28. The van der Waals surface area contributed by atoms with Crippen LogP contribution < -0.4 is 5.32 Å². The van der Waals surface area contributed by atoms with Gasteiger partial charge >= 0.3 is 0 Å². The van der Waals surface area contributed by atoms with Crippen LogP contribution in [0, 0.1) is 0 Å². The number of rotatable bonds is 1. The third-order valence-electron chi connectivity index (χ3n) is 1.93. The first kappa shape index (κ1) is 9.12. The van der Waals surface area contributed by atoms with E-state index in [0.29, 0.717) is 0 Å². The van der Waals surface area contributed by atoms with E-state index in [0.717, 1.165) is 13.1 Å². The molecular formula is C6H14N2O2S. The summed E-state index contributed by atoms with van der Waals surface area (Å²) in [7, 11) is 0. The fraction of sp³-hybridized carbons (Fsp3) is 1.00. The van der Waals surface area contributed by atoms with E-state index in [2.05, 4.69) is 5.32 Å². The van der Waals surface area contributed by atoms with Crippen LogP contribution in [0.25, 0.3) is 0 Å². The molecule has 0 radical (unpaired) electrons. The smallest absolute Gasteiger partial charge is 0.235 e. The Balaban J connectivity index is 2.62. The number of hydrogen-bond donors (Lipinski definition) is 2. The molecule has 1 aliphatic rings. The molecule has 2 N–H and O–H groups in total. The fourth-order valence-corrected chi connectivity index (χ4v) is 2.19. The number of nitrogens with one attached hydrogen (secondary N) is 1. The summed E-state index contributed by atoms with van der Waals surface area (Å²) in [5.41, 5.74) is 0. The molecule has 1 aliphatic heterocycles. The first-order chi connectivity index (χ1) is 5.13. The van der Waals surface area contributed by atoms with Gasteiger partial charge in [0.1, 0.15) is 0 Å². The predicted octanol–water partition coefficient (Wildman–Crippen LogP) is -0.195. The van der Waals surface area contributed by atoms with Crippen molar-refractivity contribution in [1.82, 2.24) is 9.62 Å². The van der Waals surface area contributed by atoms with Gasteiger partial charge in [0, 0.05) is 25.2 Å². The summed E-state index contributed by atoms with van der Waals surface area (Å²) in [5.74, 6) is 0. The lowest BCUT2D eigenvalue weighted by molar-refractivity contribution is 0.216. The number of piperazine rings is 1.